The SMILES string of the molecule is CCCCCCCCCCCCCCCCCCOc1ccc2cc(Br)ccc2c1-c1c(OCCCCCCCCCCCCCCCCCC)ccc2cc(Br)ccc12. The highest BCUT2D eigenvalue weighted by Crippen LogP contribution is 2.46. The molecule has 4 rings (SSSR count). The first-order valence-corrected chi connectivity index (χ1v) is 26.9. The van der Waals surface area contributed by atoms with Crippen molar-refractivity contribution in [1.82, 2.24) is 0 Å². The summed E-state index contributed by atoms with van der Waals surface area (Å²) in [4.78, 5) is 0. The fourth-order valence-electron chi connectivity index (χ4n) is 8.98. The largest absolute Gasteiger partial charge is 0.493 e. The van der Waals surface area contributed by atoms with Gasteiger partial charge in [0.2, 0.25) is 0 Å². The fraction of sp³-hybridized carbons (Fsp3) is 0.643. The molecule has 334 valence electrons. The number of fused-ring (bicyclic) bond motifs is 2. The van der Waals surface area contributed by atoms with E-state index < -0.39 is 0 Å². The molecule has 0 aliphatic rings. The maximum absolute atomic E-state index is 6.74. The zero-order chi connectivity index (χ0) is 42.3. The van der Waals surface area contributed by atoms with E-state index in [0.717, 1.165) is 57.6 Å². The van der Waals surface area contributed by atoms with Crippen LogP contribution in [0.25, 0.3) is 32.7 Å². The summed E-state index contributed by atoms with van der Waals surface area (Å²) in [5.41, 5.74) is 2.29. The third-order valence-electron chi connectivity index (χ3n) is 12.6. The highest BCUT2D eigenvalue weighted by molar-refractivity contribution is 9.10. The van der Waals surface area contributed by atoms with Crippen LogP contribution in [0.1, 0.15) is 219 Å². The quantitative estimate of drug-likeness (QED) is 0.0420. The van der Waals surface area contributed by atoms with Crippen molar-refractivity contribution < 1.29 is 9.47 Å². The Morgan fingerprint density at radius 1 is 0.317 bits per heavy atom. The Hall–Kier alpha value is -2.04. The summed E-state index contributed by atoms with van der Waals surface area (Å²) in [5.74, 6) is 1.90. The van der Waals surface area contributed by atoms with Gasteiger partial charge in [-0.1, -0.05) is 263 Å². The number of rotatable bonds is 37. The lowest BCUT2D eigenvalue weighted by molar-refractivity contribution is 0.301. The molecule has 2 nitrogen and oxygen atoms in total. The number of ether oxygens (including phenoxy) is 2. The van der Waals surface area contributed by atoms with E-state index in [1.54, 1.807) is 0 Å². The summed E-state index contributed by atoms with van der Waals surface area (Å²) in [5, 5.41) is 4.80. The molecule has 0 saturated carbocycles. The Kier molecular flexibility index (Phi) is 27.5. The number of unbranched alkanes of at least 4 members (excludes halogenated alkanes) is 30. The molecule has 0 aliphatic carbocycles. The van der Waals surface area contributed by atoms with Gasteiger partial charge in [-0.3, -0.25) is 0 Å². The minimum Gasteiger partial charge on any atom is -0.493 e. The van der Waals surface area contributed by atoms with E-state index in [1.807, 2.05) is 0 Å². The van der Waals surface area contributed by atoms with Gasteiger partial charge in [0, 0.05) is 20.1 Å². The van der Waals surface area contributed by atoms with Crippen LogP contribution >= 0.6 is 31.9 Å². The van der Waals surface area contributed by atoms with Gasteiger partial charge in [0.05, 0.1) is 13.2 Å². The Labute approximate surface area is 385 Å². The van der Waals surface area contributed by atoms with E-state index in [4.69, 9.17) is 9.47 Å². The molecule has 0 bridgehead atoms. The average molecular weight is 949 g/mol. The Bertz CT molecular complexity index is 1570. The predicted molar refractivity (Wildman–Crippen MR) is 272 cm³/mol. The lowest BCUT2D eigenvalue weighted by Crippen LogP contribution is -2.03. The van der Waals surface area contributed by atoms with Gasteiger partial charge in [0.15, 0.2) is 0 Å². The van der Waals surface area contributed by atoms with Gasteiger partial charge in [-0.05, 0) is 70.8 Å². The van der Waals surface area contributed by atoms with E-state index in [0.29, 0.717) is 0 Å². The average Bonchev–Trinajstić information content (AvgIpc) is 3.25. The summed E-state index contributed by atoms with van der Waals surface area (Å²) in [6.07, 6.45) is 43.9. The third-order valence-corrected chi connectivity index (χ3v) is 13.6. The van der Waals surface area contributed by atoms with Gasteiger partial charge in [-0.25, -0.2) is 0 Å². The highest BCUT2D eigenvalue weighted by Gasteiger charge is 2.20. The van der Waals surface area contributed by atoms with Crippen molar-refractivity contribution in [3.63, 3.8) is 0 Å². The first-order valence-electron chi connectivity index (χ1n) is 25.3. The standard InChI is InChI=1S/C56H84Br2O2/c1-3-5-7-9-11-13-15-17-19-21-23-25-27-29-31-33-43-59-53-41-35-47-45-49(57)37-39-51(47)55(53)56-52-40-38-50(58)46-48(52)36-42-54(56)60-44-34-32-30-28-26-24-22-20-18-16-14-12-10-8-6-4-2/h35-42,45-46H,3-34,43-44H2,1-2H3. The van der Waals surface area contributed by atoms with Crippen LogP contribution in [0.4, 0.5) is 0 Å². The third kappa shape index (κ3) is 20.0. The second kappa shape index (κ2) is 32.6. The van der Waals surface area contributed by atoms with Crippen molar-refractivity contribution in [3.05, 3.63) is 69.6 Å². The van der Waals surface area contributed by atoms with Gasteiger partial charge in [-0.2, -0.15) is 0 Å². The van der Waals surface area contributed by atoms with Gasteiger partial charge in [0.25, 0.3) is 0 Å². The molecule has 0 amide bonds. The summed E-state index contributed by atoms with van der Waals surface area (Å²) in [6, 6.07) is 22.0. The molecule has 4 aromatic rings. The normalized spacial score (nSPS) is 11.6. The monoisotopic (exact) mass is 946 g/mol. The Morgan fingerprint density at radius 3 is 0.867 bits per heavy atom. The molecular weight excluding hydrogens is 864 g/mol. The summed E-state index contributed by atoms with van der Waals surface area (Å²) in [6.45, 7) is 6.07. The molecule has 0 N–H and O–H groups in total. The molecule has 0 unspecified atom stereocenters. The van der Waals surface area contributed by atoms with Crippen LogP contribution in [0.5, 0.6) is 11.5 Å². The van der Waals surface area contributed by atoms with Crippen molar-refractivity contribution in [2.45, 2.75) is 219 Å². The first kappa shape index (κ1) is 50.6. The summed E-state index contributed by atoms with van der Waals surface area (Å²) in [7, 11) is 0. The maximum atomic E-state index is 6.74. The van der Waals surface area contributed by atoms with Gasteiger partial charge in [-0.15, -0.1) is 0 Å². The number of halogens is 2. The van der Waals surface area contributed by atoms with E-state index in [2.05, 4.69) is 106 Å². The van der Waals surface area contributed by atoms with Crippen molar-refractivity contribution >= 4 is 53.4 Å². The van der Waals surface area contributed by atoms with Gasteiger partial charge in [0.1, 0.15) is 11.5 Å². The van der Waals surface area contributed by atoms with Crippen molar-refractivity contribution in [3.8, 4) is 22.6 Å². The molecule has 0 fully saturated rings. The van der Waals surface area contributed by atoms with Crippen molar-refractivity contribution in [2.24, 2.45) is 0 Å². The van der Waals surface area contributed by atoms with E-state index in [9.17, 15) is 0 Å². The van der Waals surface area contributed by atoms with Crippen LogP contribution in [0.3, 0.4) is 0 Å². The van der Waals surface area contributed by atoms with Gasteiger partial charge >= 0.3 is 0 Å². The molecule has 0 heterocycles. The second-order valence-corrected chi connectivity index (χ2v) is 19.7. The van der Waals surface area contributed by atoms with E-state index in [-0.39, 0.29) is 0 Å². The summed E-state index contributed by atoms with van der Waals surface area (Å²) < 4.78 is 15.7. The molecule has 60 heavy (non-hydrogen) atoms. The highest BCUT2D eigenvalue weighted by atomic mass is 79.9. The second-order valence-electron chi connectivity index (χ2n) is 17.9. The van der Waals surface area contributed by atoms with Crippen molar-refractivity contribution in [1.29, 1.82) is 0 Å². The molecular formula is C56H84Br2O2. The van der Waals surface area contributed by atoms with Crippen LogP contribution in [0, 0.1) is 0 Å². The Balaban J connectivity index is 1.24. The minimum absolute atomic E-state index is 0.735. The van der Waals surface area contributed by atoms with E-state index >= 15 is 0 Å². The minimum atomic E-state index is 0.735. The smallest absolute Gasteiger partial charge is 0.127 e. The van der Waals surface area contributed by atoms with Crippen LogP contribution in [0.2, 0.25) is 0 Å². The predicted octanol–water partition coefficient (Wildman–Crippen LogP) is 20.5. The zero-order valence-electron chi connectivity index (χ0n) is 38.4. The molecule has 0 saturated heterocycles. The Morgan fingerprint density at radius 2 is 0.583 bits per heavy atom. The van der Waals surface area contributed by atoms with Crippen LogP contribution < -0.4 is 9.47 Å². The molecule has 0 spiro atoms. The maximum Gasteiger partial charge on any atom is 0.127 e. The number of hydrogen-bond donors (Lipinski definition) is 0. The molecule has 4 aromatic carbocycles. The molecule has 0 radical (unpaired) electrons. The van der Waals surface area contributed by atoms with Crippen molar-refractivity contribution in [2.75, 3.05) is 13.2 Å². The number of benzene rings is 4. The lowest BCUT2D eigenvalue weighted by atomic mass is 9.92. The molecule has 4 heteroatoms. The van der Waals surface area contributed by atoms with Gasteiger partial charge < -0.3 is 9.47 Å². The van der Waals surface area contributed by atoms with Crippen LogP contribution in [-0.4, -0.2) is 13.2 Å². The number of hydrogen-bond acceptors (Lipinski definition) is 2. The summed E-state index contributed by atoms with van der Waals surface area (Å²) >= 11 is 7.46. The van der Waals surface area contributed by atoms with Crippen LogP contribution in [-0.2, 0) is 0 Å². The lowest BCUT2D eigenvalue weighted by Gasteiger charge is -2.20. The topological polar surface area (TPSA) is 18.5 Å². The first-order chi connectivity index (χ1) is 29.6. The molecule has 0 atom stereocenters. The van der Waals surface area contributed by atoms with Crippen LogP contribution in [0.15, 0.2) is 69.6 Å². The fourth-order valence-corrected chi connectivity index (χ4v) is 9.74. The molecule has 0 aromatic heterocycles. The zero-order valence-corrected chi connectivity index (χ0v) is 41.6. The van der Waals surface area contributed by atoms with E-state index in [1.165, 1.54) is 214 Å². The molecule has 0 aliphatic heterocycles.